The Hall–Kier alpha value is -5.39. The van der Waals surface area contributed by atoms with Gasteiger partial charge in [0.2, 0.25) is 0 Å². The van der Waals surface area contributed by atoms with Crippen LogP contribution in [0.25, 0.3) is 11.2 Å². The van der Waals surface area contributed by atoms with E-state index in [1.54, 1.807) is 102 Å². The van der Waals surface area contributed by atoms with Crippen LogP contribution in [0.5, 0.6) is 0 Å². The minimum Gasteiger partial charge on any atom is -0.459 e. The molecule has 5 aromatic rings. The van der Waals surface area contributed by atoms with E-state index in [1.165, 1.54) is 6.33 Å². The first-order chi connectivity index (χ1) is 32.1. The van der Waals surface area contributed by atoms with Gasteiger partial charge in [0.1, 0.15) is 42.9 Å². The largest absolute Gasteiger partial charge is 0.459 e. The van der Waals surface area contributed by atoms with Crippen LogP contribution in [0.2, 0.25) is 22.2 Å². The summed E-state index contributed by atoms with van der Waals surface area (Å²) in [5.41, 5.74) is 7.76. The number of fused-ring (bicyclic) bond motifs is 2. The predicted molar refractivity (Wildman–Crippen MR) is 249 cm³/mol. The van der Waals surface area contributed by atoms with Crippen molar-refractivity contribution in [1.29, 1.82) is 0 Å². The van der Waals surface area contributed by atoms with E-state index in [1.807, 2.05) is 0 Å². The second-order valence-electron chi connectivity index (χ2n) is 18.3. The Morgan fingerprint density at radius 2 is 1.22 bits per heavy atom. The number of nitrogens with zero attached hydrogens (tertiary/aromatic N) is 4. The van der Waals surface area contributed by atoms with Crippen molar-refractivity contribution in [3.05, 3.63) is 120 Å². The van der Waals surface area contributed by atoms with E-state index in [9.17, 15) is 14.4 Å². The van der Waals surface area contributed by atoms with Gasteiger partial charge in [-0.25, -0.2) is 29.3 Å². The van der Waals surface area contributed by atoms with Crippen molar-refractivity contribution in [1.82, 2.24) is 19.5 Å². The Bertz CT molecular complexity index is 2480. The molecule has 2 aromatic heterocycles. The third kappa shape index (κ3) is 9.56. The fourth-order valence-electron chi connectivity index (χ4n) is 9.25. The van der Waals surface area contributed by atoms with E-state index >= 15 is 0 Å². The molecule has 5 heterocycles. The molecule has 67 heavy (non-hydrogen) atoms. The summed E-state index contributed by atoms with van der Waals surface area (Å²) in [6, 6.07) is 25.2. The molecule has 2 N–H and O–H groups in total. The summed E-state index contributed by atoms with van der Waals surface area (Å²) >= 11 is 0. The first kappa shape index (κ1) is 48.1. The van der Waals surface area contributed by atoms with Crippen LogP contribution in [0, 0.1) is 0 Å². The molecule has 0 saturated carbocycles. The van der Waals surface area contributed by atoms with Crippen LogP contribution in [-0.2, 0) is 41.4 Å². The number of rotatable bonds is 14. The average molecular weight is 954 g/mol. The standard InChI is InChI=1S/C48H59N5O12Si2/c1-28(2)66(29(3)4)58-25-36-39(64-67(65-66,30(5)6)31(7)8)40(44(59-36)53-27-52-37-42(49)50-26-51-43(37)53)63-48-41(62-47(56)34-22-16-11-17-23-34)38(61-46(55)33-20-14-10-15-21-33)35(60-48)24-57-45(54)32-18-12-9-13-19-32/h9-23,26-31,35-36,38-41,44,48H,24-25H2,1-8H3,(H2,49,50,51)/t35-,36-,38-,39-,40-,41+,44-,48-/m1/s1. The van der Waals surface area contributed by atoms with Gasteiger partial charge in [-0.1, -0.05) is 110 Å². The maximum Gasteiger partial charge on any atom is 0.338 e. The molecule has 19 heteroatoms. The quantitative estimate of drug-likeness (QED) is 0.0644. The van der Waals surface area contributed by atoms with Gasteiger partial charge >= 0.3 is 35.0 Å². The monoisotopic (exact) mass is 953 g/mol. The van der Waals surface area contributed by atoms with Crippen LogP contribution in [0.4, 0.5) is 5.82 Å². The van der Waals surface area contributed by atoms with Crippen LogP contribution in [-0.4, -0.2) is 111 Å². The highest BCUT2D eigenvalue weighted by atomic mass is 28.5. The van der Waals surface area contributed by atoms with Crippen molar-refractivity contribution in [2.45, 2.75) is 127 Å². The van der Waals surface area contributed by atoms with Crippen LogP contribution in [0.3, 0.4) is 0 Å². The first-order valence-corrected chi connectivity index (χ1v) is 26.7. The minimum absolute atomic E-state index is 0.0618. The van der Waals surface area contributed by atoms with Crippen LogP contribution in [0.1, 0.15) is 92.7 Å². The summed E-state index contributed by atoms with van der Waals surface area (Å²) in [7, 11) is -6.34. The Balaban J connectivity index is 1.24. The molecule has 3 aliphatic heterocycles. The lowest BCUT2D eigenvalue weighted by molar-refractivity contribution is -0.219. The van der Waals surface area contributed by atoms with E-state index in [0.717, 1.165) is 0 Å². The Morgan fingerprint density at radius 1 is 0.687 bits per heavy atom. The fourth-order valence-corrected chi connectivity index (χ4v) is 20.5. The number of benzene rings is 3. The summed E-state index contributed by atoms with van der Waals surface area (Å²) in [6.45, 7) is 16.7. The van der Waals surface area contributed by atoms with Gasteiger partial charge in [-0.3, -0.25) is 4.57 Å². The molecule has 0 aliphatic carbocycles. The number of esters is 3. The van der Waals surface area contributed by atoms with E-state index in [-0.39, 0.29) is 45.7 Å². The molecule has 3 aromatic carbocycles. The Kier molecular flexibility index (Phi) is 14.4. The molecule has 3 aliphatic rings. The first-order valence-electron chi connectivity index (χ1n) is 22.8. The van der Waals surface area contributed by atoms with Crippen molar-refractivity contribution >= 4 is 52.0 Å². The highest BCUT2D eigenvalue weighted by Gasteiger charge is 2.63. The maximum absolute atomic E-state index is 14.1. The van der Waals surface area contributed by atoms with Crippen molar-refractivity contribution in [3.8, 4) is 0 Å². The molecule has 8 atom stereocenters. The van der Waals surface area contributed by atoms with Gasteiger partial charge in [0.05, 0.1) is 29.6 Å². The topological polar surface area (TPSA) is 204 Å². The van der Waals surface area contributed by atoms with Gasteiger partial charge in [0.25, 0.3) is 0 Å². The zero-order valence-electron chi connectivity index (χ0n) is 38.9. The molecule has 3 fully saturated rings. The summed E-state index contributed by atoms with van der Waals surface area (Å²) in [6.07, 6.45) is -6.30. The second kappa shape index (κ2) is 20.1. The molecule has 0 radical (unpaired) electrons. The van der Waals surface area contributed by atoms with E-state index in [0.29, 0.717) is 16.7 Å². The van der Waals surface area contributed by atoms with E-state index < -0.39 is 90.8 Å². The number of hydrogen-bond acceptors (Lipinski definition) is 16. The number of carbonyl (C=O) groups is 3. The predicted octanol–water partition coefficient (Wildman–Crippen LogP) is 7.68. The highest BCUT2D eigenvalue weighted by molar-refractivity contribution is 6.84. The summed E-state index contributed by atoms with van der Waals surface area (Å²) in [5.74, 6) is -1.95. The molecule has 3 saturated heterocycles. The minimum atomic E-state index is -3.32. The molecular weight excluding hydrogens is 895 g/mol. The normalized spacial score (nSPS) is 25.8. The lowest BCUT2D eigenvalue weighted by Gasteiger charge is -2.51. The number of nitrogens with two attached hydrogens (primary N) is 1. The smallest absolute Gasteiger partial charge is 0.338 e. The lowest BCUT2D eigenvalue weighted by atomic mass is 10.1. The summed E-state index contributed by atoms with van der Waals surface area (Å²) in [4.78, 5) is 54.7. The zero-order chi connectivity index (χ0) is 47.6. The third-order valence-electron chi connectivity index (χ3n) is 12.7. The van der Waals surface area contributed by atoms with Gasteiger partial charge in [-0.15, -0.1) is 0 Å². The second-order valence-corrected chi connectivity index (χ2v) is 27.1. The summed E-state index contributed by atoms with van der Waals surface area (Å²) in [5, 5.41) is 0. The molecule has 17 nitrogen and oxygen atoms in total. The number of carbonyl (C=O) groups excluding carboxylic acids is 3. The lowest BCUT2D eigenvalue weighted by Crippen LogP contribution is -2.66. The fraction of sp³-hybridized carbons (Fsp3) is 0.458. The van der Waals surface area contributed by atoms with Gasteiger partial charge in [0, 0.05) is 0 Å². The third-order valence-corrected chi connectivity index (χ3v) is 23.0. The highest BCUT2D eigenvalue weighted by Crippen LogP contribution is 2.50. The van der Waals surface area contributed by atoms with Gasteiger partial charge in [0.15, 0.2) is 36.2 Å². The Labute approximate surface area is 392 Å². The van der Waals surface area contributed by atoms with Crippen molar-refractivity contribution in [2.24, 2.45) is 0 Å². The van der Waals surface area contributed by atoms with Crippen molar-refractivity contribution in [3.63, 3.8) is 0 Å². The number of aromatic nitrogens is 4. The summed E-state index contributed by atoms with van der Waals surface area (Å²) < 4.78 is 63.1. The molecule has 0 unspecified atom stereocenters. The number of hydrogen-bond donors (Lipinski definition) is 1. The van der Waals surface area contributed by atoms with Crippen LogP contribution >= 0.6 is 0 Å². The molecular formula is C48H59N5O12Si2. The van der Waals surface area contributed by atoms with Crippen molar-refractivity contribution in [2.75, 3.05) is 18.9 Å². The SMILES string of the molecule is CC(C)[Si]1(C(C)C)OC[C@H]2O[C@@H](n3cnc4c(N)ncnc43)[C@H](O[C@H]3O[C@H](COC(=O)c4ccccc4)[C@@H](OC(=O)c4ccccc4)[C@@H]3OC(=O)c3ccccc3)[C@@H]2O[Si](C(C)C)(C(C)C)O1. The molecule has 356 valence electrons. The molecule has 8 rings (SSSR count). The Morgan fingerprint density at radius 3 is 1.78 bits per heavy atom. The zero-order valence-corrected chi connectivity index (χ0v) is 40.9. The number of imidazole rings is 1. The molecule has 0 amide bonds. The van der Waals surface area contributed by atoms with E-state index in [2.05, 4.69) is 70.3 Å². The van der Waals surface area contributed by atoms with Crippen LogP contribution < -0.4 is 5.73 Å². The van der Waals surface area contributed by atoms with Crippen LogP contribution in [0.15, 0.2) is 104 Å². The van der Waals surface area contributed by atoms with E-state index in [4.69, 9.17) is 47.1 Å². The number of nitrogen functional groups attached to an aromatic ring is 1. The molecule has 0 bridgehead atoms. The van der Waals surface area contributed by atoms with Crippen molar-refractivity contribution < 1.29 is 55.8 Å². The number of ether oxygens (including phenoxy) is 6. The van der Waals surface area contributed by atoms with Gasteiger partial charge in [-0.05, 0) is 58.6 Å². The average Bonchev–Trinajstić information content (AvgIpc) is 3.99. The maximum atomic E-state index is 14.1. The number of anilines is 1. The van der Waals surface area contributed by atoms with Gasteiger partial charge in [-0.2, -0.15) is 0 Å². The van der Waals surface area contributed by atoms with Gasteiger partial charge < -0.3 is 47.1 Å². The molecule has 0 spiro atoms.